The number of hydrogen-bond donors (Lipinski definition) is 0. The van der Waals surface area contributed by atoms with Crippen LogP contribution in [0.15, 0.2) is 28.1 Å². The normalized spacial score (nSPS) is 11.9. The maximum atomic E-state index is 12.8. The Bertz CT molecular complexity index is 966. The molecule has 0 amide bonds. The summed E-state index contributed by atoms with van der Waals surface area (Å²) in [5, 5.41) is 4.32. The Balaban J connectivity index is 1.50. The second-order valence-electron chi connectivity index (χ2n) is 6.97. The third-order valence-corrected chi connectivity index (χ3v) is 12.2. The summed E-state index contributed by atoms with van der Waals surface area (Å²) in [6.07, 6.45) is 9.66. The first-order valence-electron chi connectivity index (χ1n) is 9.62. The first kappa shape index (κ1) is 19.0. The van der Waals surface area contributed by atoms with E-state index in [9.17, 15) is 4.79 Å². The SMILES string of the molecule is CCCCCCCCCC(=O)c1cc2c3cc[se]c3c3[se]ccc3c2[se]1. The molecule has 0 bridgehead atoms. The molecule has 3 aromatic heterocycles. The Morgan fingerprint density at radius 2 is 1.46 bits per heavy atom. The summed E-state index contributed by atoms with van der Waals surface area (Å²) in [6.45, 7) is 2.26. The molecule has 0 aliphatic rings. The standard InChI is InChI=1S/C22H24OSe3/c1-2-3-4-5-6-7-8-9-18(23)19-14-17-15-10-12-24-21(15)22-16(11-13-25-22)20(17)26-19/h10-14H,2-9H2,1H3. The van der Waals surface area contributed by atoms with E-state index < -0.39 is 0 Å². The number of Topliss-reactive ketones (excluding diaryl/α,β-unsaturated/α-hetero) is 1. The van der Waals surface area contributed by atoms with Crippen molar-refractivity contribution in [2.45, 2.75) is 58.3 Å². The summed E-state index contributed by atoms with van der Waals surface area (Å²) in [6, 6.07) is 6.91. The quantitative estimate of drug-likeness (QED) is 0.152. The molecule has 0 unspecified atom stereocenters. The molecule has 0 fully saturated rings. The minimum absolute atomic E-state index is 0.209. The molecule has 1 nitrogen and oxygen atoms in total. The van der Waals surface area contributed by atoms with Crippen molar-refractivity contribution in [3.63, 3.8) is 0 Å². The van der Waals surface area contributed by atoms with Gasteiger partial charge < -0.3 is 0 Å². The summed E-state index contributed by atoms with van der Waals surface area (Å²) in [5.41, 5.74) is 0. The topological polar surface area (TPSA) is 17.1 Å². The molecule has 0 N–H and O–H groups in total. The molecule has 0 radical (unpaired) electrons. The fraction of sp³-hybridized carbons (Fsp3) is 0.409. The van der Waals surface area contributed by atoms with Crippen molar-refractivity contribution in [1.82, 2.24) is 0 Å². The van der Waals surface area contributed by atoms with E-state index in [-0.39, 0.29) is 14.5 Å². The van der Waals surface area contributed by atoms with Gasteiger partial charge in [-0.15, -0.1) is 0 Å². The number of carbonyl (C=O) groups excluding carboxylic acids is 1. The van der Waals surface area contributed by atoms with Gasteiger partial charge in [0.05, 0.1) is 0 Å². The van der Waals surface area contributed by atoms with Gasteiger partial charge in [0.2, 0.25) is 0 Å². The minimum atomic E-state index is 0.209. The van der Waals surface area contributed by atoms with Gasteiger partial charge in [-0.3, -0.25) is 0 Å². The van der Waals surface area contributed by atoms with Crippen LogP contribution in [-0.2, 0) is 0 Å². The average Bonchev–Trinajstić information content (AvgIpc) is 3.37. The Labute approximate surface area is 173 Å². The number of carbonyl (C=O) groups is 1. The fourth-order valence-electron chi connectivity index (χ4n) is 3.66. The number of unbranched alkanes of at least 4 members (excludes halogenated alkanes) is 6. The fourth-order valence-corrected chi connectivity index (χ4v) is 11.1. The molecule has 0 aliphatic carbocycles. The Kier molecular flexibility index (Phi) is 6.42. The van der Waals surface area contributed by atoms with Crippen LogP contribution in [0.2, 0.25) is 0 Å². The van der Waals surface area contributed by atoms with Gasteiger partial charge >= 0.3 is 174 Å². The third-order valence-electron chi connectivity index (χ3n) is 5.09. The van der Waals surface area contributed by atoms with E-state index in [1.807, 2.05) is 0 Å². The third kappa shape index (κ3) is 3.79. The van der Waals surface area contributed by atoms with Gasteiger partial charge in [-0.2, -0.15) is 0 Å². The summed E-state index contributed by atoms with van der Waals surface area (Å²) in [4.78, 5) is 17.5. The van der Waals surface area contributed by atoms with Crippen molar-refractivity contribution in [2.75, 3.05) is 0 Å². The number of rotatable bonds is 9. The Morgan fingerprint density at radius 3 is 2.23 bits per heavy atom. The maximum absolute atomic E-state index is 12.8. The van der Waals surface area contributed by atoms with Crippen molar-refractivity contribution < 1.29 is 4.79 Å². The summed E-state index contributed by atoms with van der Waals surface area (Å²) in [5.74, 6) is 0.414. The van der Waals surface area contributed by atoms with Gasteiger partial charge in [-0.25, -0.2) is 0 Å². The second kappa shape index (κ2) is 8.78. The van der Waals surface area contributed by atoms with Gasteiger partial charge in [-0.1, -0.05) is 0 Å². The first-order valence-corrected chi connectivity index (χ1v) is 15.0. The van der Waals surface area contributed by atoms with Crippen molar-refractivity contribution in [3.05, 3.63) is 32.5 Å². The molecule has 0 aliphatic heterocycles. The van der Waals surface area contributed by atoms with Crippen LogP contribution in [0.3, 0.4) is 0 Å². The van der Waals surface area contributed by atoms with Crippen molar-refractivity contribution in [1.29, 1.82) is 0 Å². The number of ketones is 1. The number of benzene rings is 1. The Morgan fingerprint density at radius 1 is 0.808 bits per heavy atom. The van der Waals surface area contributed by atoms with Crippen molar-refractivity contribution in [2.24, 2.45) is 0 Å². The molecule has 26 heavy (non-hydrogen) atoms. The van der Waals surface area contributed by atoms with Crippen molar-refractivity contribution >= 4 is 78.2 Å². The molecule has 0 saturated heterocycles. The number of fused-ring (bicyclic) bond motifs is 6. The van der Waals surface area contributed by atoms with Crippen LogP contribution in [0.5, 0.6) is 0 Å². The molecular weight excluding hydrogens is 517 g/mol. The second-order valence-corrected chi connectivity index (χ2v) is 13.0. The van der Waals surface area contributed by atoms with E-state index in [0.717, 1.165) is 17.3 Å². The van der Waals surface area contributed by atoms with Gasteiger partial charge in [0.1, 0.15) is 0 Å². The van der Waals surface area contributed by atoms with Crippen LogP contribution >= 0.6 is 0 Å². The van der Waals surface area contributed by atoms with E-state index in [4.69, 9.17) is 0 Å². The van der Waals surface area contributed by atoms with E-state index in [0.29, 0.717) is 34.8 Å². The molecule has 4 rings (SSSR count). The molecule has 0 spiro atoms. The van der Waals surface area contributed by atoms with Crippen LogP contribution in [0.25, 0.3) is 28.9 Å². The van der Waals surface area contributed by atoms with Gasteiger partial charge in [0.15, 0.2) is 0 Å². The molecule has 4 aromatic rings. The van der Waals surface area contributed by atoms with E-state index in [1.165, 1.54) is 58.9 Å². The van der Waals surface area contributed by atoms with Gasteiger partial charge in [0, 0.05) is 0 Å². The molecule has 3 heterocycles. The molecule has 1 aromatic carbocycles. The molecule has 136 valence electrons. The van der Waals surface area contributed by atoms with Crippen LogP contribution < -0.4 is 0 Å². The summed E-state index contributed by atoms with van der Waals surface area (Å²) in [7, 11) is 0. The monoisotopic (exact) mass is 544 g/mol. The van der Waals surface area contributed by atoms with Crippen molar-refractivity contribution in [3.8, 4) is 0 Å². The van der Waals surface area contributed by atoms with Crippen LogP contribution in [0, 0.1) is 0 Å². The summed E-state index contributed by atoms with van der Waals surface area (Å²) < 4.78 is 5.83. The van der Waals surface area contributed by atoms with Crippen LogP contribution in [-0.4, -0.2) is 49.3 Å². The van der Waals surface area contributed by atoms with Gasteiger partial charge in [0.25, 0.3) is 0 Å². The zero-order chi connectivity index (χ0) is 17.9. The summed E-state index contributed by atoms with van der Waals surface area (Å²) >= 11 is 1.21. The zero-order valence-electron chi connectivity index (χ0n) is 15.2. The number of hydrogen-bond acceptors (Lipinski definition) is 1. The molecule has 0 saturated carbocycles. The predicted molar refractivity (Wildman–Crippen MR) is 117 cm³/mol. The van der Waals surface area contributed by atoms with Crippen LogP contribution in [0.1, 0.15) is 67.5 Å². The molecular formula is C22H24OSe3. The molecule has 4 heteroatoms. The van der Waals surface area contributed by atoms with Gasteiger partial charge in [-0.05, 0) is 0 Å². The average molecular weight is 541 g/mol. The Hall–Kier alpha value is -0.332. The predicted octanol–water partition coefficient (Wildman–Crippen LogP) is 5.64. The zero-order valence-corrected chi connectivity index (χ0v) is 20.3. The van der Waals surface area contributed by atoms with E-state index in [1.54, 1.807) is 8.52 Å². The van der Waals surface area contributed by atoms with E-state index in [2.05, 4.69) is 35.0 Å². The molecule has 0 atom stereocenters. The first-order chi connectivity index (χ1) is 12.8. The van der Waals surface area contributed by atoms with E-state index >= 15 is 0 Å². The van der Waals surface area contributed by atoms with Crippen LogP contribution in [0.4, 0.5) is 0 Å².